The molecule has 1 heterocycles. The van der Waals surface area contributed by atoms with E-state index in [4.69, 9.17) is 11.6 Å². The Bertz CT molecular complexity index is 602. The van der Waals surface area contributed by atoms with E-state index >= 15 is 0 Å². The van der Waals surface area contributed by atoms with Gasteiger partial charge in [0.25, 0.3) is 5.91 Å². The van der Waals surface area contributed by atoms with Gasteiger partial charge in [-0.3, -0.25) is 4.79 Å². The molecule has 8 heteroatoms. The Kier molecular flexibility index (Phi) is 4.17. The highest BCUT2D eigenvalue weighted by atomic mass is 79.9. The minimum absolute atomic E-state index is 0.157. The Morgan fingerprint density at radius 2 is 2.11 bits per heavy atom. The largest absolute Gasteiger partial charge is 0.347 e. The topological polar surface area (TPSA) is 63.2 Å². The average molecular weight is 371 g/mol. The summed E-state index contributed by atoms with van der Waals surface area (Å²) in [6, 6.07) is 3.44. The first kappa shape index (κ1) is 14.7. The van der Waals surface area contributed by atoms with Gasteiger partial charge in [0.1, 0.15) is 5.82 Å². The Morgan fingerprint density at radius 3 is 2.63 bits per heavy atom. The fraction of sp³-hybridized carbons (Fsp3) is 0.364. The van der Waals surface area contributed by atoms with Crippen LogP contribution in [-0.4, -0.2) is 37.2 Å². The first-order valence-electron chi connectivity index (χ1n) is 5.39. The van der Waals surface area contributed by atoms with Crippen molar-refractivity contribution >= 4 is 43.3 Å². The molecule has 1 amide bonds. The van der Waals surface area contributed by atoms with Crippen LogP contribution < -0.4 is 5.32 Å². The molecule has 2 rings (SSSR count). The summed E-state index contributed by atoms with van der Waals surface area (Å²) in [7, 11) is -3.24. The Morgan fingerprint density at radius 1 is 1.42 bits per heavy atom. The molecule has 0 aliphatic carbocycles. The molecule has 0 spiro atoms. The molecule has 1 aromatic rings. The van der Waals surface area contributed by atoms with Gasteiger partial charge < -0.3 is 5.32 Å². The molecule has 1 aliphatic rings. The number of benzene rings is 1. The van der Waals surface area contributed by atoms with Gasteiger partial charge in [0.15, 0.2) is 9.84 Å². The van der Waals surface area contributed by atoms with Crippen molar-refractivity contribution in [2.75, 3.05) is 11.5 Å². The van der Waals surface area contributed by atoms with E-state index in [9.17, 15) is 17.6 Å². The van der Waals surface area contributed by atoms with Crippen molar-refractivity contribution < 1.29 is 17.6 Å². The van der Waals surface area contributed by atoms with E-state index in [2.05, 4.69) is 21.2 Å². The van der Waals surface area contributed by atoms with Gasteiger partial charge in [0.2, 0.25) is 0 Å². The molecule has 1 aromatic carbocycles. The molecule has 0 saturated carbocycles. The molecule has 0 aromatic heterocycles. The fourth-order valence-electron chi connectivity index (χ4n) is 1.89. The minimum atomic E-state index is -3.24. The van der Waals surface area contributed by atoms with Crippen LogP contribution in [0.15, 0.2) is 22.7 Å². The third kappa shape index (κ3) is 3.27. The van der Waals surface area contributed by atoms with Crippen molar-refractivity contribution in [3.8, 4) is 0 Å². The number of hydrogen-bond donors (Lipinski definition) is 1. The second-order valence-electron chi connectivity index (χ2n) is 4.27. The Hall–Kier alpha value is -0.660. The maximum Gasteiger partial charge on any atom is 0.255 e. The zero-order chi connectivity index (χ0) is 14.2. The second kappa shape index (κ2) is 5.38. The van der Waals surface area contributed by atoms with Gasteiger partial charge in [-0.15, -0.1) is 11.6 Å². The third-order valence-electron chi connectivity index (χ3n) is 2.79. The summed E-state index contributed by atoms with van der Waals surface area (Å²) in [5, 5.41) is 1.77. The lowest BCUT2D eigenvalue weighted by molar-refractivity contribution is 0.0936. The van der Waals surface area contributed by atoms with Crippen LogP contribution in [0.5, 0.6) is 0 Å². The molecular formula is C11H10BrClFNO3S. The maximum atomic E-state index is 13.6. The van der Waals surface area contributed by atoms with Crippen LogP contribution in [0.2, 0.25) is 0 Å². The smallest absolute Gasteiger partial charge is 0.255 e. The van der Waals surface area contributed by atoms with Crippen LogP contribution >= 0.6 is 27.5 Å². The van der Waals surface area contributed by atoms with Crippen molar-refractivity contribution in [2.24, 2.45) is 0 Å². The number of carbonyl (C=O) groups excluding carboxylic acids is 1. The van der Waals surface area contributed by atoms with Crippen LogP contribution in [0, 0.1) is 5.82 Å². The molecule has 1 fully saturated rings. The van der Waals surface area contributed by atoms with E-state index in [1.54, 1.807) is 0 Å². The minimum Gasteiger partial charge on any atom is -0.347 e. The lowest BCUT2D eigenvalue weighted by Gasteiger charge is -2.15. The van der Waals surface area contributed by atoms with E-state index in [1.165, 1.54) is 12.1 Å². The first-order valence-corrected chi connectivity index (χ1v) is 8.44. The monoisotopic (exact) mass is 369 g/mol. The summed E-state index contributed by atoms with van der Waals surface area (Å²) in [5.74, 6) is -1.77. The zero-order valence-electron chi connectivity index (χ0n) is 9.57. The fourth-order valence-corrected chi connectivity index (χ4v) is 4.96. The summed E-state index contributed by atoms with van der Waals surface area (Å²) in [6.07, 6.45) is 0. The van der Waals surface area contributed by atoms with Crippen molar-refractivity contribution in [3.05, 3.63) is 34.1 Å². The molecule has 1 N–H and O–H groups in total. The van der Waals surface area contributed by atoms with Crippen molar-refractivity contribution in [3.63, 3.8) is 0 Å². The normalized spacial score (nSPS) is 25.2. The number of amides is 1. The van der Waals surface area contributed by atoms with Gasteiger partial charge in [-0.1, -0.05) is 6.07 Å². The van der Waals surface area contributed by atoms with Gasteiger partial charge in [-0.2, -0.15) is 0 Å². The number of carbonyl (C=O) groups is 1. The lowest BCUT2D eigenvalue weighted by atomic mass is 10.1. The summed E-state index contributed by atoms with van der Waals surface area (Å²) in [6.45, 7) is 0. The lowest BCUT2D eigenvalue weighted by Crippen LogP contribution is -2.41. The molecule has 0 radical (unpaired) electrons. The highest BCUT2D eigenvalue weighted by molar-refractivity contribution is 9.10. The van der Waals surface area contributed by atoms with Crippen LogP contribution in [0.3, 0.4) is 0 Å². The molecule has 0 bridgehead atoms. The third-order valence-corrected chi connectivity index (χ3v) is 5.83. The van der Waals surface area contributed by atoms with Crippen molar-refractivity contribution in [1.82, 2.24) is 5.32 Å². The summed E-state index contributed by atoms with van der Waals surface area (Å²) in [4.78, 5) is 12.0. The Balaban J connectivity index is 2.19. The van der Waals surface area contributed by atoms with Gasteiger partial charge in [-0.05, 0) is 28.1 Å². The molecule has 1 saturated heterocycles. The molecule has 4 nitrogen and oxygen atoms in total. The van der Waals surface area contributed by atoms with E-state index in [0.29, 0.717) is 4.47 Å². The average Bonchev–Trinajstić information content (AvgIpc) is 2.51. The van der Waals surface area contributed by atoms with Crippen molar-refractivity contribution in [1.29, 1.82) is 0 Å². The number of nitrogens with one attached hydrogen (secondary N) is 1. The van der Waals surface area contributed by atoms with Crippen LogP contribution in [0.1, 0.15) is 10.4 Å². The SMILES string of the molecule is O=C(NC1CS(=O)(=O)CC1Cl)c1c(F)cccc1Br. The van der Waals surface area contributed by atoms with Crippen LogP contribution in [0.4, 0.5) is 4.39 Å². The number of rotatable bonds is 2. The molecule has 2 atom stereocenters. The number of hydrogen-bond acceptors (Lipinski definition) is 3. The van der Waals surface area contributed by atoms with Gasteiger partial charge in [0.05, 0.1) is 28.5 Å². The van der Waals surface area contributed by atoms with Gasteiger partial charge >= 0.3 is 0 Å². The predicted molar refractivity (Wildman–Crippen MR) is 73.6 cm³/mol. The van der Waals surface area contributed by atoms with E-state index < -0.39 is 33.0 Å². The summed E-state index contributed by atoms with van der Waals surface area (Å²) >= 11 is 8.96. The predicted octanol–water partition coefficient (Wildman–Crippen LogP) is 1.72. The molecular weight excluding hydrogens is 361 g/mol. The molecule has 19 heavy (non-hydrogen) atoms. The van der Waals surface area contributed by atoms with E-state index in [0.717, 1.165) is 6.07 Å². The van der Waals surface area contributed by atoms with Crippen LogP contribution in [0.25, 0.3) is 0 Å². The van der Waals surface area contributed by atoms with E-state index in [1.807, 2.05) is 0 Å². The number of alkyl halides is 1. The van der Waals surface area contributed by atoms with Gasteiger partial charge in [-0.25, -0.2) is 12.8 Å². The Labute approximate surface area is 123 Å². The first-order chi connectivity index (χ1) is 8.80. The number of halogens is 3. The maximum absolute atomic E-state index is 13.6. The highest BCUT2D eigenvalue weighted by Crippen LogP contribution is 2.22. The number of sulfone groups is 1. The highest BCUT2D eigenvalue weighted by Gasteiger charge is 2.37. The molecule has 2 unspecified atom stereocenters. The standard InChI is InChI=1S/C11H10BrClFNO3S/c12-6-2-1-3-8(14)10(6)11(16)15-9-5-19(17,18)4-7(9)13/h1-3,7,9H,4-5H2,(H,15,16). The van der Waals surface area contributed by atoms with E-state index in [-0.39, 0.29) is 17.1 Å². The van der Waals surface area contributed by atoms with Gasteiger partial charge in [0, 0.05) is 4.47 Å². The quantitative estimate of drug-likeness (QED) is 0.806. The zero-order valence-corrected chi connectivity index (χ0v) is 12.7. The second-order valence-corrected chi connectivity index (χ2v) is 7.84. The molecule has 1 aliphatic heterocycles. The van der Waals surface area contributed by atoms with Crippen molar-refractivity contribution in [2.45, 2.75) is 11.4 Å². The molecule has 104 valence electrons. The summed E-state index contributed by atoms with van der Waals surface area (Å²) < 4.78 is 36.7. The summed E-state index contributed by atoms with van der Waals surface area (Å²) in [5.41, 5.74) is -0.157. The van der Waals surface area contributed by atoms with Crippen LogP contribution in [-0.2, 0) is 9.84 Å².